The van der Waals surface area contributed by atoms with Crippen LogP contribution in [0.15, 0.2) is 22.7 Å². The molecule has 0 atom stereocenters. The van der Waals surface area contributed by atoms with Crippen LogP contribution in [0.4, 0.5) is 0 Å². The van der Waals surface area contributed by atoms with Crippen molar-refractivity contribution in [1.82, 2.24) is 5.32 Å². The van der Waals surface area contributed by atoms with E-state index >= 15 is 0 Å². The fourth-order valence-corrected chi connectivity index (χ4v) is 3.05. The quantitative estimate of drug-likeness (QED) is 0.892. The van der Waals surface area contributed by atoms with Crippen molar-refractivity contribution >= 4 is 21.8 Å². The minimum atomic E-state index is 0.0311. The first kappa shape index (κ1) is 13.6. The maximum Gasteiger partial charge on any atom is 0.252 e. The van der Waals surface area contributed by atoms with Gasteiger partial charge in [0.15, 0.2) is 0 Å². The van der Waals surface area contributed by atoms with Gasteiger partial charge in [0.1, 0.15) is 0 Å². The van der Waals surface area contributed by atoms with Gasteiger partial charge in [-0.15, -0.1) is 0 Å². The Labute approximate surface area is 117 Å². The molecule has 1 N–H and O–H groups in total. The van der Waals surface area contributed by atoms with E-state index in [4.69, 9.17) is 0 Å². The van der Waals surface area contributed by atoms with E-state index in [2.05, 4.69) is 21.2 Å². The highest BCUT2D eigenvalue weighted by Crippen LogP contribution is 2.27. The van der Waals surface area contributed by atoms with Gasteiger partial charge in [-0.2, -0.15) is 0 Å². The van der Waals surface area contributed by atoms with Crippen LogP contribution in [-0.4, -0.2) is 12.5 Å². The average molecular weight is 310 g/mol. The van der Waals surface area contributed by atoms with E-state index in [0.29, 0.717) is 0 Å². The summed E-state index contributed by atoms with van der Waals surface area (Å²) >= 11 is 3.48. The molecule has 1 saturated carbocycles. The number of nitrogens with one attached hydrogen (secondary N) is 1. The zero-order chi connectivity index (χ0) is 13.0. The Kier molecular flexibility index (Phi) is 4.81. The Morgan fingerprint density at radius 2 is 2.11 bits per heavy atom. The Hall–Kier alpha value is -0.830. The van der Waals surface area contributed by atoms with Gasteiger partial charge in [-0.3, -0.25) is 4.79 Å². The number of hydrogen-bond acceptors (Lipinski definition) is 1. The smallest absolute Gasteiger partial charge is 0.252 e. The van der Waals surface area contributed by atoms with Crippen molar-refractivity contribution < 1.29 is 4.79 Å². The molecule has 1 fully saturated rings. The predicted octanol–water partition coefficient (Wildman–Crippen LogP) is 4.07. The topological polar surface area (TPSA) is 29.1 Å². The number of rotatable bonds is 4. The standard InChI is InChI=1S/C15H20BrNO/c1-11-5-4-8-13(14(11)16)15(18)17-10-9-12-6-2-3-7-12/h4-5,8,12H,2-3,6-7,9-10H2,1H3,(H,17,18). The van der Waals surface area contributed by atoms with Gasteiger partial charge in [0, 0.05) is 11.0 Å². The lowest BCUT2D eigenvalue weighted by Gasteiger charge is -2.11. The Morgan fingerprint density at radius 1 is 1.39 bits per heavy atom. The monoisotopic (exact) mass is 309 g/mol. The average Bonchev–Trinajstić information content (AvgIpc) is 2.85. The van der Waals surface area contributed by atoms with E-state index in [1.54, 1.807) is 0 Å². The van der Waals surface area contributed by atoms with Crippen molar-refractivity contribution in [3.05, 3.63) is 33.8 Å². The van der Waals surface area contributed by atoms with Crippen molar-refractivity contribution in [2.24, 2.45) is 5.92 Å². The van der Waals surface area contributed by atoms with Gasteiger partial charge in [0.25, 0.3) is 5.91 Å². The number of amides is 1. The molecule has 98 valence electrons. The second-order valence-electron chi connectivity index (χ2n) is 5.13. The molecular weight excluding hydrogens is 290 g/mol. The van der Waals surface area contributed by atoms with Gasteiger partial charge >= 0.3 is 0 Å². The van der Waals surface area contributed by atoms with Crippen molar-refractivity contribution in [2.45, 2.75) is 39.0 Å². The highest BCUT2D eigenvalue weighted by molar-refractivity contribution is 9.10. The largest absolute Gasteiger partial charge is 0.352 e. The molecule has 1 aromatic rings. The zero-order valence-electron chi connectivity index (χ0n) is 10.8. The fraction of sp³-hybridized carbons (Fsp3) is 0.533. The van der Waals surface area contributed by atoms with Gasteiger partial charge < -0.3 is 5.32 Å². The summed E-state index contributed by atoms with van der Waals surface area (Å²) in [5, 5.41) is 3.02. The number of halogens is 1. The molecule has 1 aromatic carbocycles. The predicted molar refractivity (Wildman–Crippen MR) is 77.8 cm³/mol. The third-order valence-corrected chi connectivity index (χ3v) is 4.80. The van der Waals surface area contributed by atoms with Crippen LogP contribution in [-0.2, 0) is 0 Å². The summed E-state index contributed by atoms with van der Waals surface area (Å²) in [5.74, 6) is 0.856. The number of carbonyl (C=O) groups is 1. The molecule has 0 heterocycles. The maximum absolute atomic E-state index is 12.1. The zero-order valence-corrected chi connectivity index (χ0v) is 12.4. The summed E-state index contributed by atoms with van der Waals surface area (Å²) in [6.45, 7) is 2.79. The Morgan fingerprint density at radius 3 is 2.83 bits per heavy atom. The molecule has 18 heavy (non-hydrogen) atoms. The van der Waals surface area contributed by atoms with Crippen LogP contribution in [0.25, 0.3) is 0 Å². The first-order chi connectivity index (χ1) is 8.68. The van der Waals surface area contributed by atoms with Crippen LogP contribution in [0, 0.1) is 12.8 Å². The van der Waals surface area contributed by atoms with E-state index in [9.17, 15) is 4.79 Å². The van der Waals surface area contributed by atoms with E-state index in [-0.39, 0.29) is 5.91 Å². The molecule has 2 rings (SSSR count). The van der Waals surface area contributed by atoms with Crippen LogP contribution in [0.2, 0.25) is 0 Å². The van der Waals surface area contributed by atoms with Crippen LogP contribution >= 0.6 is 15.9 Å². The first-order valence-corrected chi connectivity index (χ1v) is 7.51. The van der Waals surface area contributed by atoms with E-state index in [1.807, 2.05) is 25.1 Å². The molecule has 2 nitrogen and oxygen atoms in total. The molecule has 0 unspecified atom stereocenters. The third kappa shape index (κ3) is 3.35. The minimum absolute atomic E-state index is 0.0311. The lowest BCUT2D eigenvalue weighted by molar-refractivity contribution is 0.0950. The van der Waals surface area contributed by atoms with Gasteiger partial charge in [0.2, 0.25) is 0 Å². The molecule has 0 radical (unpaired) electrons. The number of hydrogen-bond donors (Lipinski definition) is 1. The Bertz CT molecular complexity index is 425. The maximum atomic E-state index is 12.1. The SMILES string of the molecule is Cc1cccc(C(=O)NCCC2CCCC2)c1Br. The summed E-state index contributed by atoms with van der Waals surface area (Å²) in [5.41, 5.74) is 1.83. The molecule has 0 aliphatic heterocycles. The van der Waals surface area contributed by atoms with E-state index in [1.165, 1.54) is 25.7 Å². The lowest BCUT2D eigenvalue weighted by atomic mass is 10.0. The van der Waals surface area contributed by atoms with Gasteiger partial charge in [0.05, 0.1) is 5.56 Å². The van der Waals surface area contributed by atoms with Gasteiger partial charge in [-0.1, -0.05) is 37.8 Å². The molecule has 0 saturated heterocycles. The number of benzene rings is 1. The molecular formula is C15H20BrNO. The number of carbonyl (C=O) groups excluding carboxylic acids is 1. The number of aryl methyl sites for hydroxylation is 1. The minimum Gasteiger partial charge on any atom is -0.352 e. The van der Waals surface area contributed by atoms with Crippen molar-refractivity contribution in [1.29, 1.82) is 0 Å². The van der Waals surface area contributed by atoms with Crippen LogP contribution in [0.5, 0.6) is 0 Å². The van der Waals surface area contributed by atoms with Crippen LogP contribution in [0.3, 0.4) is 0 Å². The van der Waals surface area contributed by atoms with E-state index in [0.717, 1.165) is 34.5 Å². The van der Waals surface area contributed by atoms with Crippen molar-refractivity contribution in [2.75, 3.05) is 6.54 Å². The molecule has 0 aromatic heterocycles. The fourth-order valence-electron chi connectivity index (χ4n) is 2.61. The second-order valence-corrected chi connectivity index (χ2v) is 5.92. The van der Waals surface area contributed by atoms with Crippen molar-refractivity contribution in [3.63, 3.8) is 0 Å². The third-order valence-electron chi connectivity index (χ3n) is 3.75. The van der Waals surface area contributed by atoms with Crippen LogP contribution in [0.1, 0.15) is 48.0 Å². The highest BCUT2D eigenvalue weighted by atomic mass is 79.9. The second kappa shape index (κ2) is 6.37. The summed E-state index contributed by atoms with van der Waals surface area (Å²) in [7, 11) is 0. The highest BCUT2D eigenvalue weighted by Gasteiger charge is 2.15. The summed E-state index contributed by atoms with van der Waals surface area (Å²) in [6, 6.07) is 5.79. The van der Waals surface area contributed by atoms with Gasteiger partial charge in [-0.05, 0) is 46.8 Å². The molecule has 1 aliphatic rings. The normalized spacial score (nSPS) is 15.9. The summed E-state index contributed by atoms with van der Waals surface area (Å²) in [6.07, 6.45) is 6.52. The molecule has 1 amide bonds. The first-order valence-electron chi connectivity index (χ1n) is 6.72. The summed E-state index contributed by atoms with van der Waals surface area (Å²) in [4.78, 5) is 12.1. The molecule has 0 spiro atoms. The molecule has 1 aliphatic carbocycles. The van der Waals surface area contributed by atoms with Gasteiger partial charge in [-0.25, -0.2) is 0 Å². The van der Waals surface area contributed by atoms with Crippen LogP contribution < -0.4 is 5.32 Å². The Balaban J connectivity index is 1.85. The molecule has 0 bridgehead atoms. The lowest BCUT2D eigenvalue weighted by Crippen LogP contribution is -2.26. The van der Waals surface area contributed by atoms with E-state index < -0.39 is 0 Å². The molecule has 3 heteroatoms. The summed E-state index contributed by atoms with van der Waals surface area (Å²) < 4.78 is 0.906. The van der Waals surface area contributed by atoms with Crippen molar-refractivity contribution in [3.8, 4) is 0 Å².